The molecule has 0 aliphatic carbocycles. The molecular weight excluding hydrogens is 653 g/mol. The van der Waals surface area contributed by atoms with E-state index in [2.05, 4.69) is 204 Å². The molecule has 8 aromatic rings. The Hall–Kier alpha value is -6.17. The van der Waals surface area contributed by atoms with Crippen molar-refractivity contribution >= 4 is 21.8 Å². The third kappa shape index (κ3) is 6.01. The molecule has 7 aromatic carbocycles. The lowest BCUT2D eigenvalue weighted by molar-refractivity contribution is 0.590. The second-order valence-electron chi connectivity index (χ2n) is 16.6. The highest BCUT2D eigenvalue weighted by atomic mass is 15.0. The maximum absolute atomic E-state index is 9.55. The van der Waals surface area contributed by atoms with Gasteiger partial charge in [-0.1, -0.05) is 163 Å². The first-order valence-electron chi connectivity index (χ1n) is 18.9. The van der Waals surface area contributed by atoms with Gasteiger partial charge in [-0.2, -0.15) is 5.26 Å². The van der Waals surface area contributed by atoms with Gasteiger partial charge in [0.25, 0.3) is 0 Å². The fourth-order valence-electron chi connectivity index (χ4n) is 8.15. The highest BCUT2D eigenvalue weighted by Crippen LogP contribution is 2.46. The number of hydrogen-bond acceptors (Lipinski definition) is 1. The molecule has 2 nitrogen and oxygen atoms in total. The summed E-state index contributed by atoms with van der Waals surface area (Å²) in [7, 11) is 0. The predicted molar refractivity (Wildman–Crippen MR) is 227 cm³/mol. The molecule has 2 heteroatoms. The lowest BCUT2D eigenvalue weighted by atomic mass is 9.65. The van der Waals surface area contributed by atoms with Gasteiger partial charge >= 0.3 is 0 Å². The van der Waals surface area contributed by atoms with Crippen LogP contribution in [0, 0.1) is 11.3 Å². The van der Waals surface area contributed by atoms with Crippen LogP contribution in [0.4, 0.5) is 0 Å². The molecule has 264 valence electrons. The second-order valence-corrected chi connectivity index (χ2v) is 16.6. The average Bonchev–Trinajstić information content (AvgIpc) is 3.52. The summed E-state index contributed by atoms with van der Waals surface area (Å²) in [5.41, 5.74) is 13.3. The van der Waals surface area contributed by atoms with Crippen molar-refractivity contribution in [2.24, 2.45) is 0 Å². The van der Waals surface area contributed by atoms with Gasteiger partial charge in [0.05, 0.1) is 28.1 Å². The Bertz CT molecular complexity index is 2530. The third-order valence-corrected chi connectivity index (χ3v) is 11.1. The van der Waals surface area contributed by atoms with Crippen molar-refractivity contribution in [3.8, 4) is 22.9 Å². The number of benzene rings is 7. The Morgan fingerprint density at radius 1 is 0.407 bits per heavy atom. The van der Waals surface area contributed by atoms with E-state index in [1.54, 1.807) is 0 Å². The Kier molecular flexibility index (Phi) is 8.63. The van der Waals surface area contributed by atoms with Gasteiger partial charge < -0.3 is 4.57 Å². The Balaban J connectivity index is 1.34. The second kappa shape index (κ2) is 13.4. The van der Waals surface area contributed by atoms with Gasteiger partial charge in [0.15, 0.2) is 0 Å². The van der Waals surface area contributed by atoms with Crippen LogP contribution in [0.15, 0.2) is 170 Å². The molecule has 54 heavy (non-hydrogen) atoms. The molecule has 0 saturated carbocycles. The van der Waals surface area contributed by atoms with Gasteiger partial charge in [0.2, 0.25) is 0 Å². The van der Waals surface area contributed by atoms with Crippen molar-refractivity contribution in [1.82, 2.24) is 4.57 Å². The van der Waals surface area contributed by atoms with E-state index in [-0.39, 0.29) is 10.8 Å². The van der Waals surface area contributed by atoms with Crippen molar-refractivity contribution in [2.75, 3.05) is 0 Å². The minimum absolute atomic E-state index is 0.0446. The van der Waals surface area contributed by atoms with Crippen LogP contribution >= 0.6 is 0 Å². The summed E-state index contributed by atoms with van der Waals surface area (Å²) in [6.45, 7) is 13.7. The summed E-state index contributed by atoms with van der Waals surface area (Å²) in [6, 6.07) is 64.0. The molecule has 8 rings (SSSR count). The van der Waals surface area contributed by atoms with E-state index in [0.717, 1.165) is 16.8 Å². The minimum atomic E-state index is -0.585. The van der Waals surface area contributed by atoms with E-state index in [9.17, 15) is 5.26 Å². The number of aromatic nitrogens is 1. The quantitative estimate of drug-likeness (QED) is 0.159. The van der Waals surface area contributed by atoms with E-state index in [1.807, 2.05) is 18.2 Å². The molecule has 0 fully saturated rings. The lowest BCUT2D eigenvalue weighted by Crippen LogP contribution is -2.31. The Labute approximate surface area is 320 Å². The van der Waals surface area contributed by atoms with Crippen LogP contribution in [0.25, 0.3) is 38.6 Å². The average molecular weight is 699 g/mol. The van der Waals surface area contributed by atoms with Crippen LogP contribution < -0.4 is 0 Å². The van der Waals surface area contributed by atoms with Crippen molar-refractivity contribution in [3.63, 3.8) is 0 Å². The molecule has 0 atom stereocenters. The third-order valence-electron chi connectivity index (χ3n) is 11.1. The molecule has 0 bridgehead atoms. The maximum atomic E-state index is 9.55. The Morgan fingerprint density at radius 2 is 0.852 bits per heavy atom. The van der Waals surface area contributed by atoms with E-state index in [1.165, 1.54) is 55.2 Å². The van der Waals surface area contributed by atoms with Gasteiger partial charge in [0.1, 0.15) is 0 Å². The van der Waals surface area contributed by atoms with Crippen molar-refractivity contribution < 1.29 is 0 Å². The monoisotopic (exact) mass is 698 g/mol. The number of hydrogen-bond donors (Lipinski definition) is 0. The number of rotatable bonds is 6. The summed E-state index contributed by atoms with van der Waals surface area (Å²) in [5, 5.41) is 12.1. The van der Waals surface area contributed by atoms with Crippen LogP contribution in [0.1, 0.15) is 80.5 Å². The summed E-state index contributed by atoms with van der Waals surface area (Å²) in [5.74, 6) is 0. The molecule has 0 aliphatic rings. The van der Waals surface area contributed by atoms with Gasteiger partial charge in [-0.15, -0.1) is 0 Å². The Morgan fingerprint density at radius 3 is 1.31 bits per heavy atom. The minimum Gasteiger partial charge on any atom is -0.309 e. The zero-order valence-electron chi connectivity index (χ0n) is 32.1. The van der Waals surface area contributed by atoms with Crippen molar-refractivity contribution in [3.05, 3.63) is 209 Å². The van der Waals surface area contributed by atoms with Gasteiger partial charge in [-0.05, 0) is 104 Å². The fraction of sp³-hybridized carbons (Fsp3) is 0.173. The van der Waals surface area contributed by atoms with E-state index >= 15 is 0 Å². The fourth-order valence-corrected chi connectivity index (χ4v) is 8.15. The largest absolute Gasteiger partial charge is 0.309 e. The SMILES string of the molecule is CC(C)(C)c1ccc2c(c1)c1cc(C(C)(C)C)ccc1n2-c1ccc(C(c2ccccc2)(c2ccccc2)c2ccc(-c3cccc(C#N)c3)cc2)cc1. The van der Waals surface area contributed by atoms with Crippen molar-refractivity contribution in [2.45, 2.75) is 57.8 Å². The molecule has 0 unspecified atom stereocenters. The molecule has 1 heterocycles. The van der Waals surface area contributed by atoms with Crippen LogP contribution in [-0.2, 0) is 16.2 Å². The first-order chi connectivity index (χ1) is 26.0. The first-order valence-corrected chi connectivity index (χ1v) is 18.9. The predicted octanol–water partition coefficient (Wildman–Crippen LogP) is 13.3. The van der Waals surface area contributed by atoms with Crippen molar-refractivity contribution in [1.29, 1.82) is 5.26 Å². The molecule has 0 saturated heterocycles. The van der Waals surface area contributed by atoms with E-state index in [0.29, 0.717) is 5.56 Å². The molecule has 0 spiro atoms. The molecular formula is C52H46N2. The number of nitriles is 1. The summed E-state index contributed by atoms with van der Waals surface area (Å²) in [4.78, 5) is 0. The summed E-state index contributed by atoms with van der Waals surface area (Å²) in [6.07, 6.45) is 0. The van der Waals surface area contributed by atoms with Gasteiger partial charge in [0, 0.05) is 16.5 Å². The number of fused-ring (bicyclic) bond motifs is 3. The molecule has 0 N–H and O–H groups in total. The maximum Gasteiger partial charge on any atom is 0.0991 e. The van der Waals surface area contributed by atoms with Crippen LogP contribution in [0.5, 0.6) is 0 Å². The molecule has 0 amide bonds. The first kappa shape index (κ1) is 34.9. The smallest absolute Gasteiger partial charge is 0.0991 e. The topological polar surface area (TPSA) is 28.7 Å². The highest BCUT2D eigenvalue weighted by Gasteiger charge is 2.38. The normalized spacial score (nSPS) is 12.2. The molecule has 1 aromatic heterocycles. The lowest BCUT2D eigenvalue weighted by Gasteiger charge is -2.37. The zero-order valence-corrected chi connectivity index (χ0v) is 32.1. The van der Waals surface area contributed by atoms with Crippen LogP contribution in [0.3, 0.4) is 0 Å². The van der Waals surface area contributed by atoms with Gasteiger partial charge in [-0.3, -0.25) is 0 Å². The summed E-state index contributed by atoms with van der Waals surface area (Å²) < 4.78 is 2.43. The molecule has 0 aliphatic heterocycles. The summed E-state index contributed by atoms with van der Waals surface area (Å²) >= 11 is 0. The van der Waals surface area contributed by atoms with E-state index < -0.39 is 5.41 Å². The van der Waals surface area contributed by atoms with Crippen LogP contribution in [0.2, 0.25) is 0 Å². The van der Waals surface area contributed by atoms with Gasteiger partial charge in [-0.25, -0.2) is 0 Å². The van der Waals surface area contributed by atoms with Crippen LogP contribution in [-0.4, -0.2) is 4.57 Å². The zero-order chi connectivity index (χ0) is 37.7. The highest BCUT2D eigenvalue weighted by molar-refractivity contribution is 6.10. The molecule has 0 radical (unpaired) electrons. The number of nitrogens with zero attached hydrogens (tertiary/aromatic N) is 2. The van der Waals surface area contributed by atoms with E-state index in [4.69, 9.17) is 0 Å². The standard InChI is InChI=1S/C52H46N2/c1-50(2,3)43-26-30-48-46(33-43)47-34-44(51(4,5)6)27-31-49(47)54(48)45-28-24-42(25-29-45)52(39-16-9-7-10-17-39,40-18-11-8-12-19-40)41-22-20-37(21-23-41)38-15-13-14-36(32-38)35-53/h7-34H,1-6H3.